The maximum atomic E-state index is 14.2. The zero-order valence-corrected chi connectivity index (χ0v) is 8.50. The van der Waals surface area contributed by atoms with E-state index in [9.17, 15) is 9.50 Å². The lowest BCUT2D eigenvalue weighted by atomic mass is 9.85. The van der Waals surface area contributed by atoms with Crippen LogP contribution in [-0.4, -0.2) is 11.7 Å². The van der Waals surface area contributed by atoms with Gasteiger partial charge in [0.15, 0.2) is 0 Å². The first kappa shape index (κ1) is 11.0. The topological polar surface area (TPSA) is 46.2 Å². The van der Waals surface area contributed by atoms with E-state index in [1.165, 1.54) is 13.0 Å². The van der Waals surface area contributed by atoms with Crippen molar-refractivity contribution in [2.75, 3.05) is 6.54 Å². The summed E-state index contributed by atoms with van der Waals surface area (Å²) in [5.41, 5.74) is 4.14. The predicted octanol–water partition coefficient (Wildman–Crippen LogP) is 2.17. The average molecular weight is 197 g/mol. The molecular weight excluding hydrogens is 181 g/mol. The Labute approximate surface area is 83.6 Å². The van der Waals surface area contributed by atoms with Crippen LogP contribution >= 0.6 is 0 Å². The van der Waals surface area contributed by atoms with Crippen molar-refractivity contribution in [2.45, 2.75) is 19.5 Å². The van der Waals surface area contributed by atoms with Gasteiger partial charge in [-0.1, -0.05) is 25.1 Å². The minimum atomic E-state index is -1.58. The zero-order chi connectivity index (χ0) is 10.8. The molecule has 14 heavy (non-hydrogen) atoms. The largest absolute Gasteiger partial charge is 0.508 e. The molecule has 2 atom stereocenters. The summed E-state index contributed by atoms with van der Waals surface area (Å²) in [6.07, 6.45) is 0. The van der Waals surface area contributed by atoms with Gasteiger partial charge in [-0.05, 0) is 19.5 Å². The van der Waals surface area contributed by atoms with Crippen LogP contribution in [0.3, 0.4) is 0 Å². The van der Waals surface area contributed by atoms with Crippen molar-refractivity contribution < 1.29 is 9.50 Å². The highest BCUT2D eigenvalue weighted by molar-refractivity contribution is 5.36. The van der Waals surface area contributed by atoms with Crippen LogP contribution < -0.4 is 5.73 Å². The molecule has 3 N–H and O–H groups in total. The summed E-state index contributed by atoms with van der Waals surface area (Å²) in [5, 5.41) is 9.51. The van der Waals surface area contributed by atoms with Gasteiger partial charge in [-0.2, -0.15) is 0 Å². The minimum absolute atomic E-state index is 0.0159. The number of aromatic hydroxyl groups is 1. The maximum Gasteiger partial charge on any atom is 0.140 e. The first-order valence-corrected chi connectivity index (χ1v) is 4.67. The number of alkyl halides is 1. The van der Waals surface area contributed by atoms with Crippen LogP contribution in [0.4, 0.5) is 4.39 Å². The first-order valence-electron chi connectivity index (χ1n) is 4.67. The van der Waals surface area contributed by atoms with E-state index >= 15 is 0 Å². The van der Waals surface area contributed by atoms with E-state index in [0.717, 1.165) is 0 Å². The molecule has 2 nitrogen and oxygen atoms in total. The van der Waals surface area contributed by atoms with Crippen molar-refractivity contribution >= 4 is 0 Å². The number of rotatable bonds is 3. The number of benzene rings is 1. The Morgan fingerprint density at radius 1 is 1.50 bits per heavy atom. The molecule has 78 valence electrons. The second-order valence-electron chi connectivity index (χ2n) is 3.73. The Morgan fingerprint density at radius 3 is 2.57 bits per heavy atom. The van der Waals surface area contributed by atoms with Crippen molar-refractivity contribution in [1.29, 1.82) is 0 Å². The number of para-hydroxylation sites is 1. The van der Waals surface area contributed by atoms with Crippen molar-refractivity contribution in [2.24, 2.45) is 11.7 Å². The van der Waals surface area contributed by atoms with Gasteiger partial charge < -0.3 is 10.8 Å². The van der Waals surface area contributed by atoms with Gasteiger partial charge in [-0.15, -0.1) is 0 Å². The van der Waals surface area contributed by atoms with Crippen molar-refractivity contribution in [1.82, 2.24) is 0 Å². The van der Waals surface area contributed by atoms with Crippen molar-refractivity contribution in [3.8, 4) is 5.75 Å². The first-order chi connectivity index (χ1) is 6.50. The second kappa shape index (κ2) is 3.96. The molecule has 0 radical (unpaired) electrons. The SMILES string of the molecule is CC(CN)C(C)(F)c1ccccc1O. The molecule has 1 aromatic rings. The lowest BCUT2D eigenvalue weighted by Crippen LogP contribution is -2.30. The van der Waals surface area contributed by atoms with Crippen LogP contribution in [0.15, 0.2) is 24.3 Å². The molecule has 0 fully saturated rings. The third kappa shape index (κ3) is 1.87. The summed E-state index contributed by atoms with van der Waals surface area (Å²) in [6, 6.07) is 6.44. The van der Waals surface area contributed by atoms with E-state index in [1.807, 2.05) is 0 Å². The van der Waals surface area contributed by atoms with E-state index in [2.05, 4.69) is 0 Å². The van der Waals surface area contributed by atoms with Crippen molar-refractivity contribution in [3.63, 3.8) is 0 Å². The summed E-state index contributed by atoms with van der Waals surface area (Å²) in [5.74, 6) is -0.339. The second-order valence-corrected chi connectivity index (χ2v) is 3.73. The molecule has 1 aromatic carbocycles. The van der Waals surface area contributed by atoms with Gasteiger partial charge in [0.05, 0.1) is 0 Å². The van der Waals surface area contributed by atoms with Crippen LogP contribution in [-0.2, 0) is 5.67 Å². The smallest absolute Gasteiger partial charge is 0.140 e. The van der Waals surface area contributed by atoms with Gasteiger partial charge >= 0.3 is 0 Å². The molecule has 0 heterocycles. The molecule has 0 saturated heterocycles. The van der Waals surface area contributed by atoms with Crippen LogP contribution in [0.1, 0.15) is 19.4 Å². The van der Waals surface area contributed by atoms with Gasteiger partial charge in [0, 0.05) is 11.5 Å². The van der Waals surface area contributed by atoms with Crippen LogP contribution in [0.2, 0.25) is 0 Å². The molecule has 0 aliphatic rings. The number of phenolic OH excluding ortho intramolecular Hbond substituents is 1. The summed E-state index contributed by atoms with van der Waals surface area (Å²) in [4.78, 5) is 0. The summed E-state index contributed by atoms with van der Waals surface area (Å²) < 4.78 is 14.2. The van der Waals surface area contributed by atoms with Gasteiger partial charge in [0.25, 0.3) is 0 Å². The van der Waals surface area contributed by atoms with Crippen molar-refractivity contribution in [3.05, 3.63) is 29.8 Å². The monoisotopic (exact) mass is 197 g/mol. The van der Waals surface area contributed by atoms with E-state index < -0.39 is 5.67 Å². The molecule has 0 aromatic heterocycles. The van der Waals surface area contributed by atoms with E-state index in [0.29, 0.717) is 5.56 Å². The third-order valence-corrected chi connectivity index (χ3v) is 2.71. The molecule has 0 spiro atoms. The minimum Gasteiger partial charge on any atom is -0.508 e. The lowest BCUT2D eigenvalue weighted by Gasteiger charge is -2.27. The van der Waals surface area contributed by atoms with E-state index in [4.69, 9.17) is 5.73 Å². The Kier molecular flexibility index (Phi) is 3.11. The fraction of sp³-hybridized carbons (Fsp3) is 0.455. The standard InChI is InChI=1S/C11H16FNO/c1-8(7-13)11(2,12)9-5-3-4-6-10(9)14/h3-6,8,14H,7,13H2,1-2H3. The van der Waals surface area contributed by atoms with Gasteiger partial charge in [0.1, 0.15) is 11.4 Å². The molecule has 3 heteroatoms. The Morgan fingerprint density at radius 2 is 2.07 bits per heavy atom. The third-order valence-electron chi connectivity index (χ3n) is 2.71. The fourth-order valence-electron chi connectivity index (χ4n) is 1.37. The number of hydrogen-bond acceptors (Lipinski definition) is 2. The summed E-state index contributed by atoms with van der Waals surface area (Å²) in [6.45, 7) is 3.42. The average Bonchev–Trinajstić information content (AvgIpc) is 2.17. The molecule has 2 unspecified atom stereocenters. The zero-order valence-electron chi connectivity index (χ0n) is 8.50. The summed E-state index contributed by atoms with van der Waals surface area (Å²) >= 11 is 0. The fourth-order valence-corrected chi connectivity index (χ4v) is 1.37. The Bertz CT molecular complexity index is 312. The normalized spacial score (nSPS) is 17.4. The molecule has 0 aliphatic carbocycles. The number of hydrogen-bond donors (Lipinski definition) is 2. The number of halogens is 1. The molecule has 1 rings (SSSR count). The molecule has 0 saturated carbocycles. The Hall–Kier alpha value is -1.09. The number of nitrogens with two attached hydrogens (primary N) is 1. The van der Waals surface area contributed by atoms with Gasteiger partial charge in [0.2, 0.25) is 0 Å². The van der Waals surface area contributed by atoms with Crippen LogP contribution in [0, 0.1) is 5.92 Å². The van der Waals surface area contributed by atoms with Crippen LogP contribution in [0.25, 0.3) is 0 Å². The van der Waals surface area contributed by atoms with Gasteiger partial charge in [-0.3, -0.25) is 0 Å². The van der Waals surface area contributed by atoms with Crippen LogP contribution in [0.5, 0.6) is 5.75 Å². The Balaban J connectivity index is 3.09. The van der Waals surface area contributed by atoms with E-state index in [-0.39, 0.29) is 18.2 Å². The lowest BCUT2D eigenvalue weighted by molar-refractivity contribution is 0.113. The molecule has 0 bridgehead atoms. The number of phenols is 1. The molecule has 0 amide bonds. The highest BCUT2D eigenvalue weighted by Crippen LogP contribution is 2.37. The predicted molar refractivity (Wildman–Crippen MR) is 54.8 cm³/mol. The quantitative estimate of drug-likeness (QED) is 0.780. The maximum absolute atomic E-state index is 14.2. The highest BCUT2D eigenvalue weighted by Gasteiger charge is 2.34. The molecule has 0 aliphatic heterocycles. The molecular formula is C11H16FNO. The van der Waals surface area contributed by atoms with E-state index in [1.54, 1.807) is 25.1 Å². The van der Waals surface area contributed by atoms with Gasteiger partial charge in [-0.25, -0.2) is 4.39 Å². The summed E-state index contributed by atoms with van der Waals surface area (Å²) in [7, 11) is 0. The highest BCUT2D eigenvalue weighted by atomic mass is 19.1.